The highest BCUT2D eigenvalue weighted by atomic mass is 35.5. The van der Waals surface area contributed by atoms with Gasteiger partial charge in [-0.1, -0.05) is 41.4 Å². The van der Waals surface area contributed by atoms with E-state index in [-0.39, 0.29) is 10.8 Å². The second-order valence-electron chi connectivity index (χ2n) is 4.64. The van der Waals surface area contributed by atoms with Crippen molar-refractivity contribution in [1.82, 2.24) is 0 Å². The Morgan fingerprint density at radius 3 is 2.45 bits per heavy atom. The molecule has 2 aromatic carbocycles. The summed E-state index contributed by atoms with van der Waals surface area (Å²) in [5, 5.41) is 0.643. The minimum absolute atomic E-state index is 0.201. The molecule has 0 spiro atoms. The summed E-state index contributed by atoms with van der Waals surface area (Å²) in [6, 6.07) is 11.8. The molecule has 1 fully saturated rings. The number of ether oxygens (including phenoxy) is 3. The van der Waals surface area contributed by atoms with Crippen molar-refractivity contribution in [2.75, 3.05) is 13.2 Å². The van der Waals surface area contributed by atoms with Gasteiger partial charge in [0.1, 0.15) is 0 Å². The fraction of sp³-hybridized carbons (Fsp3) is 0.188. The lowest BCUT2D eigenvalue weighted by atomic mass is 10.2. The quantitative estimate of drug-likeness (QED) is 0.619. The van der Waals surface area contributed by atoms with Crippen LogP contribution in [0, 0.1) is 0 Å². The van der Waals surface area contributed by atoms with Crippen LogP contribution in [0.3, 0.4) is 0 Å². The second kappa shape index (κ2) is 6.67. The molecular formula is C16H12Cl2O4. The van der Waals surface area contributed by atoms with Crippen molar-refractivity contribution < 1.29 is 19.0 Å². The van der Waals surface area contributed by atoms with Crippen LogP contribution in [-0.2, 0) is 9.47 Å². The van der Waals surface area contributed by atoms with E-state index < -0.39 is 12.3 Å². The number of rotatable bonds is 3. The topological polar surface area (TPSA) is 44.8 Å². The maximum Gasteiger partial charge on any atom is 0.343 e. The predicted octanol–water partition coefficient (Wildman–Crippen LogP) is 4.26. The van der Waals surface area contributed by atoms with Gasteiger partial charge in [-0.3, -0.25) is 0 Å². The zero-order valence-corrected chi connectivity index (χ0v) is 12.9. The normalized spacial score (nSPS) is 15.0. The molecule has 22 heavy (non-hydrogen) atoms. The summed E-state index contributed by atoms with van der Waals surface area (Å²) in [6.45, 7) is 0.918. The highest BCUT2D eigenvalue weighted by Gasteiger charge is 2.26. The molecule has 1 aliphatic heterocycles. The van der Waals surface area contributed by atoms with Crippen LogP contribution in [0.5, 0.6) is 5.75 Å². The smallest absolute Gasteiger partial charge is 0.343 e. The number of carbonyl (C=O) groups excluding carboxylic acids is 1. The van der Waals surface area contributed by atoms with Gasteiger partial charge in [0.15, 0.2) is 12.0 Å². The maximum atomic E-state index is 12.2. The van der Waals surface area contributed by atoms with E-state index in [1.54, 1.807) is 30.3 Å². The van der Waals surface area contributed by atoms with Crippen LogP contribution >= 0.6 is 23.2 Å². The summed E-state index contributed by atoms with van der Waals surface area (Å²) >= 11 is 12.2. The lowest BCUT2D eigenvalue weighted by molar-refractivity contribution is -0.0453. The van der Waals surface area contributed by atoms with E-state index in [1.165, 1.54) is 6.07 Å². The zero-order valence-electron chi connectivity index (χ0n) is 11.4. The molecule has 1 saturated heterocycles. The summed E-state index contributed by atoms with van der Waals surface area (Å²) in [6.07, 6.45) is -0.644. The summed E-state index contributed by atoms with van der Waals surface area (Å²) < 4.78 is 16.3. The van der Waals surface area contributed by atoms with Crippen LogP contribution in [0.25, 0.3) is 0 Å². The Hall–Kier alpha value is -1.59. The van der Waals surface area contributed by atoms with Crippen LogP contribution in [-0.4, -0.2) is 19.2 Å². The average molecular weight is 339 g/mol. The Balaban J connectivity index is 1.94. The molecular weight excluding hydrogens is 327 g/mol. The standard InChI is InChI=1S/C16H12Cl2O4/c17-11-8-12(16-20-6-7-21-16)14(13(18)9-11)22-15(19)10-4-2-1-3-5-10/h1-5,8-9,16H,6-7H2. The third-order valence-electron chi connectivity index (χ3n) is 3.12. The number of benzene rings is 2. The Morgan fingerprint density at radius 2 is 1.77 bits per heavy atom. The van der Waals surface area contributed by atoms with Crippen molar-refractivity contribution in [2.24, 2.45) is 0 Å². The minimum Gasteiger partial charge on any atom is -0.421 e. The molecule has 0 radical (unpaired) electrons. The van der Waals surface area contributed by atoms with E-state index in [0.29, 0.717) is 29.4 Å². The fourth-order valence-electron chi connectivity index (χ4n) is 2.13. The highest BCUT2D eigenvalue weighted by molar-refractivity contribution is 6.35. The van der Waals surface area contributed by atoms with Gasteiger partial charge in [-0.05, 0) is 24.3 Å². The van der Waals surface area contributed by atoms with Crippen LogP contribution < -0.4 is 4.74 Å². The van der Waals surface area contributed by atoms with E-state index >= 15 is 0 Å². The predicted molar refractivity (Wildman–Crippen MR) is 82.5 cm³/mol. The van der Waals surface area contributed by atoms with Gasteiger partial charge in [0, 0.05) is 5.02 Å². The van der Waals surface area contributed by atoms with E-state index in [0.717, 1.165) is 0 Å². The van der Waals surface area contributed by atoms with Gasteiger partial charge < -0.3 is 14.2 Å². The molecule has 0 amide bonds. The molecule has 0 atom stereocenters. The van der Waals surface area contributed by atoms with Crippen molar-refractivity contribution in [1.29, 1.82) is 0 Å². The first-order chi connectivity index (χ1) is 10.6. The van der Waals surface area contributed by atoms with E-state index in [4.69, 9.17) is 37.4 Å². The molecule has 3 rings (SSSR count). The van der Waals surface area contributed by atoms with Crippen LogP contribution in [0.4, 0.5) is 0 Å². The van der Waals surface area contributed by atoms with E-state index in [2.05, 4.69) is 0 Å². The van der Waals surface area contributed by atoms with Gasteiger partial charge in [0.2, 0.25) is 0 Å². The van der Waals surface area contributed by atoms with Gasteiger partial charge in [-0.2, -0.15) is 0 Å². The van der Waals surface area contributed by atoms with Crippen LogP contribution in [0.15, 0.2) is 42.5 Å². The third kappa shape index (κ3) is 3.25. The Bertz CT molecular complexity index is 682. The van der Waals surface area contributed by atoms with Gasteiger partial charge in [-0.15, -0.1) is 0 Å². The zero-order chi connectivity index (χ0) is 15.5. The summed E-state index contributed by atoms with van der Waals surface area (Å²) in [5.41, 5.74) is 0.923. The summed E-state index contributed by atoms with van der Waals surface area (Å²) in [7, 11) is 0. The first-order valence-corrected chi connectivity index (χ1v) is 7.40. The van der Waals surface area contributed by atoms with E-state index in [1.807, 2.05) is 6.07 Å². The molecule has 1 heterocycles. The Morgan fingerprint density at radius 1 is 1.09 bits per heavy atom. The van der Waals surface area contributed by atoms with Crippen molar-refractivity contribution in [3.05, 3.63) is 63.6 Å². The largest absolute Gasteiger partial charge is 0.421 e. The molecule has 0 aliphatic carbocycles. The van der Waals surface area contributed by atoms with Crippen LogP contribution in [0.1, 0.15) is 22.2 Å². The van der Waals surface area contributed by atoms with Crippen molar-refractivity contribution >= 4 is 29.2 Å². The molecule has 0 N–H and O–H groups in total. The van der Waals surface area contributed by atoms with Crippen molar-refractivity contribution in [2.45, 2.75) is 6.29 Å². The SMILES string of the molecule is O=C(Oc1c(Cl)cc(Cl)cc1C1OCCO1)c1ccccc1. The second-order valence-corrected chi connectivity index (χ2v) is 5.48. The van der Waals surface area contributed by atoms with Gasteiger partial charge >= 0.3 is 5.97 Å². The third-order valence-corrected chi connectivity index (χ3v) is 3.62. The highest BCUT2D eigenvalue weighted by Crippen LogP contribution is 2.39. The fourth-order valence-corrected chi connectivity index (χ4v) is 2.67. The van der Waals surface area contributed by atoms with Crippen molar-refractivity contribution in [3.8, 4) is 5.75 Å². The molecule has 0 saturated carbocycles. The summed E-state index contributed by atoms with van der Waals surface area (Å²) in [4.78, 5) is 12.2. The monoisotopic (exact) mass is 338 g/mol. The number of hydrogen-bond donors (Lipinski definition) is 0. The lowest BCUT2D eigenvalue weighted by Crippen LogP contribution is -2.12. The average Bonchev–Trinajstić information content (AvgIpc) is 3.04. The molecule has 114 valence electrons. The van der Waals surface area contributed by atoms with Crippen molar-refractivity contribution in [3.63, 3.8) is 0 Å². The Kier molecular flexibility index (Phi) is 4.64. The maximum absolute atomic E-state index is 12.2. The van der Waals surface area contributed by atoms with E-state index in [9.17, 15) is 4.79 Å². The molecule has 0 aromatic heterocycles. The van der Waals surface area contributed by atoms with Gasteiger partial charge in [0.05, 0.1) is 29.4 Å². The number of esters is 1. The van der Waals surface area contributed by atoms with Gasteiger partial charge in [-0.25, -0.2) is 4.79 Å². The lowest BCUT2D eigenvalue weighted by Gasteiger charge is -2.16. The number of halogens is 2. The minimum atomic E-state index is -0.644. The molecule has 2 aromatic rings. The first-order valence-electron chi connectivity index (χ1n) is 6.64. The molecule has 4 nitrogen and oxygen atoms in total. The molecule has 0 bridgehead atoms. The first kappa shape index (κ1) is 15.3. The number of carbonyl (C=O) groups is 1. The molecule has 1 aliphatic rings. The Labute approximate surface area is 137 Å². The number of hydrogen-bond acceptors (Lipinski definition) is 4. The van der Waals surface area contributed by atoms with Crippen LogP contribution in [0.2, 0.25) is 10.0 Å². The van der Waals surface area contributed by atoms with Gasteiger partial charge in [0.25, 0.3) is 0 Å². The molecule has 6 heteroatoms. The molecule has 0 unspecified atom stereocenters. The summed E-state index contributed by atoms with van der Waals surface area (Å²) in [5.74, 6) is -0.309.